The molecule has 0 spiro atoms. The summed E-state index contributed by atoms with van der Waals surface area (Å²) in [6.07, 6.45) is -1.77. The van der Waals surface area contributed by atoms with Crippen LogP contribution in [0, 0.1) is 31.3 Å². The Balaban J connectivity index is 1.76. The van der Waals surface area contributed by atoms with Crippen LogP contribution in [-0.4, -0.2) is 39.6 Å². The minimum absolute atomic E-state index is 0.109. The van der Waals surface area contributed by atoms with E-state index in [4.69, 9.17) is 16.3 Å². The van der Waals surface area contributed by atoms with Crippen molar-refractivity contribution >= 4 is 29.2 Å². The van der Waals surface area contributed by atoms with Crippen molar-refractivity contribution in [1.82, 2.24) is 15.3 Å². The van der Waals surface area contributed by atoms with Crippen molar-refractivity contribution in [1.29, 1.82) is 0 Å². The van der Waals surface area contributed by atoms with Gasteiger partial charge in [0.05, 0.1) is 13.1 Å². The number of carbonyl (C=O) groups excluding carboxylic acids is 1. The Morgan fingerprint density at radius 1 is 1.05 bits per heavy atom. The van der Waals surface area contributed by atoms with E-state index in [2.05, 4.69) is 15.3 Å². The topological polar surface area (TPSA) is 105 Å². The summed E-state index contributed by atoms with van der Waals surface area (Å²) < 4.78 is 49.1. The average Bonchev–Trinajstić information content (AvgIpc) is 3.03. The lowest BCUT2D eigenvalue weighted by atomic mass is 9.77. The second kappa shape index (κ2) is 11.4. The monoisotopic (exact) mass is 596 g/mol. The first kappa shape index (κ1) is 29.0. The number of amides is 1. The van der Waals surface area contributed by atoms with Gasteiger partial charge >= 0.3 is 12.0 Å². The zero-order chi connectivity index (χ0) is 30.2. The SMILES string of the molecule is Cc1cc(C)nc(OC(C(=O)O)C2(c3ccccc3)NCC(=O)N(Cc3c(F)cc(F)cc3F)c3ccc(Cl)cc32)n1. The van der Waals surface area contributed by atoms with E-state index >= 15 is 0 Å². The van der Waals surface area contributed by atoms with Crippen LogP contribution in [0.25, 0.3) is 0 Å². The molecule has 1 amide bonds. The van der Waals surface area contributed by atoms with E-state index in [-0.39, 0.29) is 22.3 Å². The van der Waals surface area contributed by atoms with Crippen molar-refractivity contribution in [3.05, 3.63) is 117 Å². The van der Waals surface area contributed by atoms with Gasteiger partial charge in [-0.3, -0.25) is 10.1 Å². The minimum Gasteiger partial charge on any atom is -0.478 e. The van der Waals surface area contributed by atoms with Crippen LogP contribution in [0.1, 0.15) is 28.1 Å². The molecule has 0 fully saturated rings. The fourth-order valence-corrected chi connectivity index (χ4v) is 5.35. The summed E-state index contributed by atoms with van der Waals surface area (Å²) in [6.45, 7) is 2.31. The zero-order valence-corrected chi connectivity index (χ0v) is 23.1. The summed E-state index contributed by atoms with van der Waals surface area (Å²) in [5.41, 5.74) is -0.593. The largest absolute Gasteiger partial charge is 0.478 e. The van der Waals surface area contributed by atoms with Crippen molar-refractivity contribution in [3.8, 4) is 6.01 Å². The third kappa shape index (κ3) is 5.40. The van der Waals surface area contributed by atoms with Gasteiger partial charge in [-0.1, -0.05) is 41.9 Å². The first-order valence-electron chi connectivity index (χ1n) is 12.8. The van der Waals surface area contributed by atoms with Crippen molar-refractivity contribution < 1.29 is 32.6 Å². The lowest BCUT2D eigenvalue weighted by Crippen LogP contribution is -2.58. The van der Waals surface area contributed by atoms with E-state index in [0.717, 1.165) is 4.90 Å². The number of fused-ring (bicyclic) bond motifs is 1. The van der Waals surface area contributed by atoms with Crippen LogP contribution in [0.5, 0.6) is 6.01 Å². The van der Waals surface area contributed by atoms with Crippen LogP contribution >= 0.6 is 11.6 Å². The molecule has 1 aliphatic heterocycles. The van der Waals surface area contributed by atoms with E-state index in [0.29, 0.717) is 29.1 Å². The Kier molecular flexibility index (Phi) is 7.89. The lowest BCUT2D eigenvalue weighted by Gasteiger charge is -2.39. The molecule has 5 rings (SSSR count). The highest BCUT2D eigenvalue weighted by Gasteiger charge is 2.52. The molecule has 2 N–H and O–H groups in total. The molecule has 0 aliphatic carbocycles. The van der Waals surface area contributed by atoms with Gasteiger partial charge in [-0.2, -0.15) is 0 Å². The smallest absolute Gasteiger partial charge is 0.347 e. The van der Waals surface area contributed by atoms with Crippen LogP contribution in [0.4, 0.5) is 18.9 Å². The number of rotatable bonds is 7. The number of aliphatic carboxylic acids is 1. The van der Waals surface area contributed by atoms with Crippen molar-refractivity contribution in [2.24, 2.45) is 0 Å². The number of hydrogen-bond acceptors (Lipinski definition) is 6. The Morgan fingerprint density at radius 3 is 2.31 bits per heavy atom. The van der Waals surface area contributed by atoms with E-state index in [9.17, 15) is 27.9 Å². The first-order valence-corrected chi connectivity index (χ1v) is 13.1. The van der Waals surface area contributed by atoms with Crippen molar-refractivity contribution in [2.75, 3.05) is 11.4 Å². The number of anilines is 1. The molecule has 0 saturated heterocycles. The molecule has 1 aromatic heterocycles. The van der Waals surface area contributed by atoms with Crippen molar-refractivity contribution in [3.63, 3.8) is 0 Å². The maximum Gasteiger partial charge on any atom is 0.347 e. The number of nitrogens with zero attached hydrogens (tertiary/aromatic N) is 3. The molecule has 0 bridgehead atoms. The van der Waals surface area contributed by atoms with E-state index < -0.39 is 59.6 Å². The first-order chi connectivity index (χ1) is 20.0. The Bertz CT molecular complexity index is 1650. The molecule has 3 aromatic carbocycles. The number of hydrogen-bond donors (Lipinski definition) is 2. The quantitative estimate of drug-likeness (QED) is 0.307. The highest BCUT2D eigenvalue weighted by molar-refractivity contribution is 6.30. The van der Waals surface area contributed by atoms with Gasteiger partial charge in [0.1, 0.15) is 23.0 Å². The number of halogens is 4. The summed E-state index contributed by atoms with van der Waals surface area (Å²) in [7, 11) is 0. The number of carboxylic acid groups (broad SMARTS) is 1. The zero-order valence-electron chi connectivity index (χ0n) is 22.4. The predicted molar refractivity (Wildman–Crippen MR) is 148 cm³/mol. The highest BCUT2D eigenvalue weighted by Crippen LogP contribution is 2.43. The number of nitrogens with one attached hydrogen (secondary N) is 1. The molecule has 2 atom stereocenters. The normalized spacial score (nSPS) is 17.4. The lowest BCUT2D eigenvalue weighted by molar-refractivity contribution is -0.149. The molecule has 42 heavy (non-hydrogen) atoms. The molecule has 0 radical (unpaired) electrons. The van der Waals surface area contributed by atoms with Crippen LogP contribution in [-0.2, 0) is 21.7 Å². The number of aryl methyl sites for hydroxylation is 2. The molecule has 2 unspecified atom stereocenters. The molecular formula is C30H24ClF3N4O4. The molecule has 1 aliphatic rings. The molecule has 0 saturated carbocycles. The van der Waals surface area contributed by atoms with Gasteiger partial charge in [-0.15, -0.1) is 0 Å². The predicted octanol–water partition coefficient (Wildman–Crippen LogP) is 5.08. The summed E-state index contributed by atoms with van der Waals surface area (Å²) in [4.78, 5) is 36.2. The Morgan fingerprint density at radius 2 is 1.69 bits per heavy atom. The standard InChI is InChI=1S/C30H24ClF3N4O4/c1-16-10-17(2)37-29(36-16)42-27(28(40)41)30(18-6-4-3-5-7-18)22-11-19(31)8-9-25(22)38(26(39)14-35-30)15-21-23(33)12-20(32)13-24(21)34/h3-13,27,35H,14-15H2,1-2H3,(H,40,41). The molecule has 4 aromatic rings. The van der Waals surface area contributed by atoms with Gasteiger partial charge in [-0.25, -0.2) is 27.9 Å². The van der Waals surface area contributed by atoms with Crippen LogP contribution in [0.15, 0.2) is 66.7 Å². The summed E-state index contributed by atoms with van der Waals surface area (Å²) in [5, 5.41) is 13.9. The van der Waals surface area contributed by atoms with Crippen LogP contribution < -0.4 is 15.0 Å². The number of carbonyl (C=O) groups is 2. The van der Waals surface area contributed by atoms with Gasteiger partial charge in [0.15, 0.2) is 0 Å². The maximum atomic E-state index is 14.7. The molecule has 8 nitrogen and oxygen atoms in total. The third-order valence-electron chi connectivity index (χ3n) is 6.95. The second-order valence-electron chi connectivity index (χ2n) is 9.79. The van der Waals surface area contributed by atoms with E-state index in [1.165, 1.54) is 18.2 Å². The molecule has 216 valence electrons. The van der Waals surface area contributed by atoms with Crippen LogP contribution in [0.2, 0.25) is 5.02 Å². The van der Waals surface area contributed by atoms with Gasteiger partial charge < -0.3 is 14.7 Å². The van der Waals surface area contributed by atoms with E-state index in [1.807, 2.05) is 0 Å². The number of aromatic nitrogens is 2. The molecule has 12 heteroatoms. The summed E-state index contributed by atoms with van der Waals surface area (Å²) in [5.74, 6) is -5.53. The Hall–Kier alpha value is -4.48. The van der Waals surface area contributed by atoms with Gasteiger partial charge in [0, 0.05) is 45.4 Å². The number of benzene rings is 3. The highest BCUT2D eigenvalue weighted by atomic mass is 35.5. The van der Waals surface area contributed by atoms with Crippen LogP contribution in [0.3, 0.4) is 0 Å². The van der Waals surface area contributed by atoms with Gasteiger partial charge in [0.2, 0.25) is 12.0 Å². The molecule has 2 heterocycles. The third-order valence-corrected chi connectivity index (χ3v) is 7.18. The summed E-state index contributed by atoms with van der Waals surface area (Å²) in [6, 6.07) is 15.3. The van der Waals surface area contributed by atoms with Gasteiger partial charge in [-0.05, 0) is 43.7 Å². The second-order valence-corrected chi connectivity index (χ2v) is 10.2. The fourth-order valence-electron chi connectivity index (χ4n) is 5.17. The number of carboxylic acids is 1. The average molecular weight is 597 g/mol. The minimum atomic E-state index is -1.79. The fraction of sp³-hybridized carbons (Fsp3) is 0.200. The van der Waals surface area contributed by atoms with E-state index in [1.54, 1.807) is 50.2 Å². The van der Waals surface area contributed by atoms with Crippen molar-refractivity contribution in [2.45, 2.75) is 32.0 Å². The van der Waals surface area contributed by atoms with Gasteiger partial charge in [0.25, 0.3) is 0 Å². The Labute approximate surface area is 243 Å². The number of ether oxygens (including phenoxy) is 1. The molecular weight excluding hydrogens is 573 g/mol. The maximum absolute atomic E-state index is 14.7. The summed E-state index contributed by atoms with van der Waals surface area (Å²) >= 11 is 6.44.